The van der Waals surface area contributed by atoms with E-state index in [2.05, 4.69) is 182 Å². The van der Waals surface area contributed by atoms with Gasteiger partial charge in [-0.25, -0.2) is 13.3 Å². The Bertz CT molecular complexity index is 2830. The van der Waals surface area contributed by atoms with Crippen LogP contribution in [0.5, 0.6) is 0 Å². The standard InChI is InChI=1S/3C23H17O.BO3/c3*1-4-10-18(11-5-1)21-16-22(19-12-6-2-7-13-19)24-23(17-21)20-14-8-3-9-15-20;2-1(3)4/h3*1-17H;/q3*+1;-3. The van der Waals surface area contributed by atoms with E-state index in [1.165, 1.54) is 16.7 Å². The van der Waals surface area contributed by atoms with Crippen molar-refractivity contribution < 1.29 is 28.3 Å². The molecule has 0 aliphatic carbocycles. The van der Waals surface area contributed by atoms with Gasteiger partial charge in [0.1, 0.15) is 0 Å². The van der Waals surface area contributed by atoms with Gasteiger partial charge in [0.05, 0.1) is 69.8 Å². The lowest BCUT2D eigenvalue weighted by Gasteiger charge is -2.35. The number of rotatable bonds is 9. The monoisotopic (exact) mass is 986 g/mol. The molecular weight excluding hydrogens is 936 g/mol. The molecule has 0 fully saturated rings. The SMILES string of the molecule is [O-]B([O-])[O-].c1ccc(-c2cc(-c3ccccc3)[o+]c(-c3ccccc3)c2)cc1.c1ccc(-c2cc(-c3ccccc3)[o+]c(-c3ccccc3)c2)cc1.c1ccc(-c2cc(-c3ccccc3)[o+]c(-c3ccccc3)c2)cc1. The minimum absolute atomic E-state index is 0.871. The Morgan fingerprint density at radius 3 is 0.421 bits per heavy atom. The summed E-state index contributed by atoms with van der Waals surface area (Å²) in [7, 11) is -2.92. The fourth-order valence-electron chi connectivity index (χ4n) is 8.36. The van der Waals surface area contributed by atoms with Crippen LogP contribution in [0.1, 0.15) is 0 Å². The molecule has 76 heavy (non-hydrogen) atoms. The van der Waals surface area contributed by atoms with Crippen LogP contribution in [0.4, 0.5) is 0 Å². The van der Waals surface area contributed by atoms with E-state index in [1.807, 2.05) is 127 Å². The molecule has 366 valence electrons. The summed E-state index contributed by atoms with van der Waals surface area (Å²) >= 11 is 0. The van der Waals surface area contributed by atoms with Crippen molar-refractivity contribution >= 4 is 7.32 Å². The van der Waals surface area contributed by atoms with Crippen LogP contribution in [0, 0.1) is 0 Å². The molecule has 0 unspecified atom stereocenters. The topological polar surface area (TPSA) is 103 Å². The maximum absolute atomic E-state index is 8.42. The van der Waals surface area contributed by atoms with E-state index in [0.717, 1.165) is 84.6 Å². The number of hydrogen-bond acceptors (Lipinski definition) is 3. The molecule has 0 amide bonds. The van der Waals surface area contributed by atoms with E-state index in [9.17, 15) is 0 Å². The minimum atomic E-state index is -2.92. The molecule has 0 spiro atoms. The average molecular weight is 987 g/mol. The van der Waals surface area contributed by atoms with Crippen molar-refractivity contribution in [2.45, 2.75) is 0 Å². The number of hydrogen-bond donors (Lipinski definition) is 0. The zero-order chi connectivity index (χ0) is 52.2. The van der Waals surface area contributed by atoms with Gasteiger partial charge in [0.25, 0.3) is 0 Å². The lowest BCUT2D eigenvalue weighted by atomic mass is 10.0. The first-order valence-electron chi connectivity index (χ1n) is 24.8. The molecule has 0 atom stereocenters. The van der Waals surface area contributed by atoms with Crippen molar-refractivity contribution in [1.29, 1.82) is 0 Å². The van der Waals surface area contributed by atoms with Gasteiger partial charge < -0.3 is 15.1 Å². The Hall–Kier alpha value is -9.63. The smallest absolute Gasteiger partial charge is 0.361 e. The molecule has 0 radical (unpaired) electrons. The summed E-state index contributed by atoms with van der Waals surface area (Å²) < 4.78 is 18.6. The molecule has 3 aromatic heterocycles. The van der Waals surface area contributed by atoms with Crippen LogP contribution in [-0.2, 0) is 0 Å². The van der Waals surface area contributed by atoms with Crippen LogP contribution < -0.4 is 15.1 Å². The molecule has 0 aliphatic heterocycles. The van der Waals surface area contributed by atoms with Gasteiger partial charge in [0.15, 0.2) is 0 Å². The summed E-state index contributed by atoms with van der Waals surface area (Å²) in [5, 5.41) is 25.2. The Morgan fingerprint density at radius 1 is 0.171 bits per heavy atom. The highest BCUT2D eigenvalue weighted by molar-refractivity contribution is 6.24. The van der Waals surface area contributed by atoms with Crippen LogP contribution in [-0.4, -0.2) is 7.32 Å². The van der Waals surface area contributed by atoms with E-state index in [4.69, 9.17) is 28.3 Å². The Morgan fingerprint density at radius 2 is 0.289 bits per heavy atom. The molecule has 0 saturated heterocycles. The predicted octanol–water partition coefficient (Wildman–Crippen LogP) is 15.7. The van der Waals surface area contributed by atoms with E-state index < -0.39 is 7.32 Å². The first-order valence-corrected chi connectivity index (χ1v) is 24.8. The van der Waals surface area contributed by atoms with Gasteiger partial charge in [0, 0.05) is 16.7 Å². The van der Waals surface area contributed by atoms with Crippen molar-refractivity contribution in [3.8, 4) is 101 Å². The molecule has 0 bridgehead atoms. The minimum Gasteiger partial charge on any atom is -0.907 e. The van der Waals surface area contributed by atoms with Crippen molar-refractivity contribution in [2.75, 3.05) is 0 Å². The van der Waals surface area contributed by atoms with Crippen molar-refractivity contribution in [1.82, 2.24) is 0 Å². The molecule has 0 aliphatic rings. The van der Waals surface area contributed by atoms with E-state index in [-0.39, 0.29) is 0 Å². The van der Waals surface area contributed by atoms with Gasteiger partial charge in [-0.2, -0.15) is 0 Å². The summed E-state index contributed by atoms with van der Waals surface area (Å²) in [6, 6.07) is 105. The highest BCUT2D eigenvalue weighted by atomic mass is 16.5. The summed E-state index contributed by atoms with van der Waals surface area (Å²) in [5.74, 6) is 5.23. The van der Waals surface area contributed by atoms with E-state index in [1.54, 1.807) is 0 Å². The fourth-order valence-corrected chi connectivity index (χ4v) is 8.36. The lowest BCUT2D eigenvalue weighted by molar-refractivity contribution is -0.479. The molecule has 7 heteroatoms. The van der Waals surface area contributed by atoms with Gasteiger partial charge in [-0.1, -0.05) is 200 Å². The van der Waals surface area contributed by atoms with Crippen LogP contribution in [0.3, 0.4) is 0 Å². The van der Waals surface area contributed by atoms with Crippen LogP contribution in [0.15, 0.2) is 323 Å². The van der Waals surface area contributed by atoms with Crippen LogP contribution in [0.2, 0.25) is 0 Å². The van der Waals surface area contributed by atoms with Gasteiger partial charge in [-0.05, 0) is 89.5 Å². The summed E-state index contributed by atoms with van der Waals surface area (Å²) in [6.45, 7) is 0. The van der Waals surface area contributed by atoms with E-state index in [0.29, 0.717) is 0 Å². The van der Waals surface area contributed by atoms with Gasteiger partial charge in [-0.15, -0.1) is 0 Å². The highest BCUT2D eigenvalue weighted by Gasteiger charge is 2.23. The fraction of sp³-hybridized carbons (Fsp3) is 0. The maximum atomic E-state index is 8.42. The zero-order valence-electron chi connectivity index (χ0n) is 41.5. The Labute approximate surface area is 444 Å². The highest BCUT2D eigenvalue weighted by Crippen LogP contribution is 2.36. The van der Waals surface area contributed by atoms with Crippen molar-refractivity contribution in [2.24, 2.45) is 0 Å². The molecule has 6 nitrogen and oxygen atoms in total. The summed E-state index contributed by atoms with van der Waals surface area (Å²) in [6.07, 6.45) is 0. The second-order valence-electron chi connectivity index (χ2n) is 17.3. The summed E-state index contributed by atoms with van der Waals surface area (Å²) in [4.78, 5) is 0. The molecular formula is C69H51BO6. The third-order valence-electron chi connectivity index (χ3n) is 12.1. The second-order valence-corrected chi connectivity index (χ2v) is 17.3. The van der Waals surface area contributed by atoms with Crippen molar-refractivity contribution in [3.05, 3.63) is 309 Å². The zero-order valence-corrected chi connectivity index (χ0v) is 41.5. The molecule has 0 N–H and O–H groups in total. The Balaban J connectivity index is 0.000000134. The second kappa shape index (κ2) is 26.4. The number of benzene rings is 9. The molecule has 9 aromatic carbocycles. The lowest BCUT2D eigenvalue weighted by Crippen LogP contribution is -2.56. The van der Waals surface area contributed by atoms with Gasteiger partial charge in [0.2, 0.25) is 0 Å². The average Bonchev–Trinajstić information content (AvgIpc) is 3.51. The summed E-state index contributed by atoms with van der Waals surface area (Å²) in [5.41, 5.74) is 13.5. The predicted molar refractivity (Wildman–Crippen MR) is 304 cm³/mol. The quantitative estimate of drug-likeness (QED) is 0.105. The maximum Gasteiger partial charge on any atom is 0.361 e. The first-order chi connectivity index (χ1) is 37.4. The van der Waals surface area contributed by atoms with Crippen molar-refractivity contribution in [3.63, 3.8) is 0 Å². The van der Waals surface area contributed by atoms with Gasteiger partial charge >= 0.3 is 34.6 Å². The van der Waals surface area contributed by atoms with Gasteiger partial charge in [-0.3, -0.25) is 7.32 Å². The molecule has 12 aromatic rings. The molecule has 0 saturated carbocycles. The first kappa shape index (κ1) is 51.3. The molecule has 3 heterocycles. The third-order valence-corrected chi connectivity index (χ3v) is 12.1. The van der Waals surface area contributed by atoms with Crippen LogP contribution in [0.25, 0.3) is 101 Å². The van der Waals surface area contributed by atoms with Crippen LogP contribution >= 0.6 is 0 Å². The normalized spacial score (nSPS) is 10.3. The third kappa shape index (κ3) is 14.3. The molecule has 12 rings (SSSR count). The largest absolute Gasteiger partial charge is 0.907 e. The van der Waals surface area contributed by atoms with E-state index >= 15 is 0 Å². The Kier molecular flexibility index (Phi) is 17.8.